The van der Waals surface area contributed by atoms with Crippen LogP contribution in [-0.2, 0) is 0 Å². The number of fused-ring (bicyclic) bond motifs is 2. The molecule has 6 heteroatoms. The summed E-state index contributed by atoms with van der Waals surface area (Å²) < 4.78 is 1.06. The third kappa shape index (κ3) is 2.58. The number of nitrogens with one attached hydrogen (secondary N) is 2. The van der Waals surface area contributed by atoms with E-state index in [1.54, 1.807) is 12.1 Å². The molecule has 114 valence electrons. The van der Waals surface area contributed by atoms with Crippen LogP contribution in [-0.4, -0.2) is 15.9 Å². The van der Waals surface area contributed by atoms with E-state index in [1.165, 1.54) is 16.9 Å². The Kier molecular flexibility index (Phi) is 3.32. The third-order valence-electron chi connectivity index (χ3n) is 3.61. The topological polar surface area (TPSA) is 57.8 Å². The quantitative estimate of drug-likeness (QED) is 0.539. The van der Waals surface area contributed by atoms with Gasteiger partial charge in [-0.1, -0.05) is 41.1 Å². The van der Waals surface area contributed by atoms with E-state index in [2.05, 4.69) is 21.4 Å². The van der Waals surface area contributed by atoms with Crippen LogP contribution in [0.1, 0.15) is 16.1 Å². The summed E-state index contributed by atoms with van der Waals surface area (Å²) in [5.74, 6) is -0.229. The Morgan fingerprint density at radius 1 is 1.26 bits per heavy atom. The summed E-state index contributed by atoms with van der Waals surface area (Å²) in [7, 11) is 0. The van der Waals surface area contributed by atoms with Crippen LogP contribution >= 0.6 is 22.9 Å². The Bertz CT molecular complexity index is 1050. The minimum absolute atomic E-state index is 0.229. The first-order chi connectivity index (χ1) is 11.1. The number of nitrogens with zero attached hydrogens (tertiary/aromatic N) is 1. The van der Waals surface area contributed by atoms with Crippen LogP contribution in [0.25, 0.3) is 21.1 Å². The number of hydrogen-bond acceptors (Lipinski definition) is 3. The van der Waals surface area contributed by atoms with Crippen molar-refractivity contribution < 1.29 is 4.79 Å². The van der Waals surface area contributed by atoms with Crippen LogP contribution in [0.15, 0.2) is 42.5 Å². The zero-order valence-corrected chi connectivity index (χ0v) is 13.8. The molecule has 0 bridgehead atoms. The second kappa shape index (κ2) is 5.37. The molecule has 0 atom stereocenters. The molecule has 2 aromatic heterocycles. The first-order valence-electron chi connectivity index (χ1n) is 7.06. The number of carbonyl (C=O) groups excluding carboxylic acids is 1. The van der Waals surface area contributed by atoms with Crippen molar-refractivity contribution in [3.05, 3.63) is 58.7 Å². The zero-order valence-electron chi connectivity index (χ0n) is 12.2. The molecule has 0 saturated carbocycles. The lowest BCUT2D eigenvalue weighted by Gasteiger charge is -1.97. The minimum Gasteiger partial charge on any atom is -0.349 e. The second-order valence-corrected chi connectivity index (χ2v) is 6.77. The fourth-order valence-electron chi connectivity index (χ4n) is 2.49. The van der Waals surface area contributed by atoms with Gasteiger partial charge in [0.05, 0.1) is 20.8 Å². The lowest BCUT2D eigenvalue weighted by atomic mass is 10.2. The summed E-state index contributed by atoms with van der Waals surface area (Å²) >= 11 is 7.59. The Labute approximate surface area is 141 Å². The molecule has 0 unspecified atom stereocenters. The normalized spacial score (nSPS) is 11.2. The maximum absolute atomic E-state index is 12.4. The highest BCUT2D eigenvalue weighted by Gasteiger charge is 2.13. The van der Waals surface area contributed by atoms with Gasteiger partial charge in [-0.05, 0) is 36.8 Å². The van der Waals surface area contributed by atoms with Crippen molar-refractivity contribution in [2.75, 3.05) is 5.32 Å². The Balaban J connectivity index is 1.66. The SMILES string of the molecule is Cc1ccc2nc(NC(=O)c3cc4cccc(Cl)c4[nH]3)sc2c1. The van der Waals surface area contributed by atoms with Crippen LogP contribution in [0.2, 0.25) is 5.02 Å². The number of aryl methyl sites for hydroxylation is 1. The third-order valence-corrected chi connectivity index (χ3v) is 4.86. The van der Waals surface area contributed by atoms with E-state index in [1.807, 2.05) is 31.2 Å². The number of H-pyrrole nitrogens is 1. The van der Waals surface area contributed by atoms with E-state index in [9.17, 15) is 4.79 Å². The number of carbonyl (C=O) groups is 1. The van der Waals surface area contributed by atoms with Gasteiger partial charge in [-0.15, -0.1) is 0 Å². The monoisotopic (exact) mass is 341 g/mol. The van der Waals surface area contributed by atoms with Gasteiger partial charge in [0.1, 0.15) is 5.69 Å². The molecule has 0 aliphatic rings. The van der Waals surface area contributed by atoms with Crippen molar-refractivity contribution in [3.8, 4) is 0 Å². The van der Waals surface area contributed by atoms with Crippen molar-refractivity contribution in [1.82, 2.24) is 9.97 Å². The van der Waals surface area contributed by atoms with E-state index >= 15 is 0 Å². The number of anilines is 1. The highest BCUT2D eigenvalue weighted by atomic mass is 35.5. The van der Waals surface area contributed by atoms with Crippen molar-refractivity contribution in [3.63, 3.8) is 0 Å². The van der Waals surface area contributed by atoms with Gasteiger partial charge in [0.15, 0.2) is 5.13 Å². The van der Waals surface area contributed by atoms with Gasteiger partial charge in [-0.3, -0.25) is 10.1 Å². The molecule has 0 aliphatic heterocycles. The van der Waals surface area contributed by atoms with Gasteiger partial charge >= 0.3 is 0 Å². The molecule has 0 radical (unpaired) electrons. The lowest BCUT2D eigenvalue weighted by Crippen LogP contribution is -2.11. The number of para-hydroxylation sites is 1. The highest BCUT2D eigenvalue weighted by Crippen LogP contribution is 2.28. The van der Waals surface area contributed by atoms with E-state index in [0.717, 1.165) is 21.1 Å². The van der Waals surface area contributed by atoms with Gasteiger partial charge in [-0.25, -0.2) is 4.98 Å². The largest absolute Gasteiger partial charge is 0.349 e. The average molecular weight is 342 g/mol. The number of thiazole rings is 1. The lowest BCUT2D eigenvalue weighted by molar-refractivity contribution is 0.102. The Morgan fingerprint density at radius 3 is 2.96 bits per heavy atom. The van der Waals surface area contributed by atoms with Crippen molar-refractivity contribution >= 4 is 55.1 Å². The van der Waals surface area contributed by atoms with Gasteiger partial charge in [0.2, 0.25) is 0 Å². The van der Waals surface area contributed by atoms with E-state index in [-0.39, 0.29) is 5.91 Å². The maximum atomic E-state index is 12.4. The van der Waals surface area contributed by atoms with Gasteiger partial charge in [0, 0.05) is 5.39 Å². The summed E-state index contributed by atoms with van der Waals surface area (Å²) in [6.07, 6.45) is 0. The van der Waals surface area contributed by atoms with Crippen LogP contribution in [0.5, 0.6) is 0 Å². The van der Waals surface area contributed by atoms with E-state index < -0.39 is 0 Å². The molecule has 2 N–H and O–H groups in total. The first kappa shape index (κ1) is 14.2. The molecule has 0 fully saturated rings. The molecule has 23 heavy (non-hydrogen) atoms. The molecule has 4 rings (SSSR count). The molecule has 1 amide bonds. The fraction of sp³-hybridized carbons (Fsp3) is 0.0588. The average Bonchev–Trinajstić information content (AvgIpc) is 3.11. The molecule has 4 nitrogen and oxygen atoms in total. The number of aromatic amines is 1. The predicted molar refractivity (Wildman–Crippen MR) is 95.6 cm³/mol. The summed E-state index contributed by atoms with van der Waals surface area (Å²) in [4.78, 5) is 19.9. The standard InChI is InChI=1S/C17H12ClN3OS/c1-9-5-6-12-14(7-9)23-17(20-12)21-16(22)13-8-10-3-2-4-11(18)15(10)19-13/h2-8,19H,1H3,(H,20,21,22). The Morgan fingerprint density at radius 2 is 2.13 bits per heavy atom. The number of aromatic nitrogens is 2. The molecule has 2 aromatic carbocycles. The first-order valence-corrected chi connectivity index (χ1v) is 8.25. The highest BCUT2D eigenvalue weighted by molar-refractivity contribution is 7.22. The summed E-state index contributed by atoms with van der Waals surface area (Å²) in [5.41, 5.74) is 3.28. The molecular formula is C17H12ClN3OS. The van der Waals surface area contributed by atoms with E-state index in [0.29, 0.717) is 15.8 Å². The number of rotatable bonds is 2. The molecule has 0 spiro atoms. The zero-order chi connectivity index (χ0) is 16.0. The van der Waals surface area contributed by atoms with Gasteiger partial charge in [-0.2, -0.15) is 0 Å². The predicted octanol–water partition coefficient (Wildman–Crippen LogP) is 4.99. The maximum Gasteiger partial charge on any atom is 0.273 e. The molecular weight excluding hydrogens is 330 g/mol. The number of benzene rings is 2. The van der Waals surface area contributed by atoms with Crippen LogP contribution in [0, 0.1) is 6.92 Å². The van der Waals surface area contributed by atoms with Crippen molar-refractivity contribution in [2.45, 2.75) is 6.92 Å². The van der Waals surface area contributed by atoms with Crippen molar-refractivity contribution in [1.29, 1.82) is 0 Å². The molecule has 2 heterocycles. The summed E-state index contributed by atoms with van der Waals surface area (Å²) in [5, 5.41) is 4.92. The molecule has 0 saturated heterocycles. The second-order valence-electron chi connectivity index (χ2n) is 5.33. The fourth-order valence-corrected chi connectivity index (χ4v) is 3.68. The Hall–Kier alpha value is -2.37. The number of amides is 1. The van der Waals surface area contributed by atoms with Crippen LogP contribution < -0.4 is 5.32 Å². The minimum atomic E-state index is -0.229. The van der Waals surface area contributed by atoms with Crippen LogP contribution in [0.3, 0.4) is 0 Å². The molecule has 4 aromatic rings. The van der Waals surface area contributed by atoms with Crippen molar-refractivity contribution in [2.24, 2.45) is 0 Å². The van der Waals surface area contributed by atoms with Gasteiger partial charge in [0.25, 0.3) is 5.91 Å². The van der Waals surface area contributed by atoms with Gasteiger partial charge < -0.3 is 4.98 Å². The molecule has 0 aliphatic carbocycles. The number of halogens is 1. The summed E-state index contributed by atoms with van der Waals surface area (Å²) in [6.45, 7) is 2.03. The smallest absolute Gasteiger partial charge is 0.273 e. The summed E-state index contributed by atoms with van der Waals surface area (Å²) in [6, 6.07) is 13.4. The van der Waals surface area contributed by atoms with Crippen LogP contribution in [0.4, 0.5) is 5.13 Å². The number of hydrogen-bond donors (Lipinski definition) is 2. The van der Waals surface area contributed by atoms with E-state index in [4.69, 9.17) is 11.6 Å².